The first-order valence-corrected chi connectivity index (χ1v) is 6.31. The van der Waals surface area contributed by atoms with Gasteiger partial charge >= 0.3 is 5.97 Å². The number of carbonyl (C=O) groups is 1. The molecule has 0 spiro atoms. The molecule has 0 aliphatic carbocycles. The molecule has 0 aromatic heterocycles. The van der Waals surface area contributed by atoms with E-state index in [1.807, 2.05) is 0 Å². The molecule has 94 valence electrons. The van der Waals surface area contributed by atoms with Gasteiger partial charge in [0.1, 0.15) is 4.90 Å². The zero-order valence-electron chi connectivity index (χ0n) is 8.40. The molecule has 0 unspecified atom stereocenters. The van der Waals surface area contributed by atoms with Crippen LogP contribution in [-0.4, -0.2) is 26.6 Å². The molecule has 1 aromatic carbocycles. The van der Waals surface area contributed by atoms with Crippen molar-refractivity contribution in [2.75, 3.05) is 7.11 Å². The first kappa shape index (κ1) is 14.2. The number of halogens is 2. The Labute approximate surface area is 107 Å². The van der Waals surface area contributed by atoms with Crippen LogP contribution in [0, 0.1) is 0 Å². The second kappa shape index (κ2) is 5.19. The Morgan fingerprint density at radius 2 is 2.00 bits per heavy atom. The van der Waals surface area contributed by atoms with Gasteiger partial charge in [0.15, 0.2) is 0 Å². The number of aromatic carboxylic acids is 1. The number of hydrogen-bond donors (Lipinski definition) is 2. The van der Waals surface area contributed by atoms with Gasteiger partial charge in [-0.15, -0.1) is 0 Å². The van der Waals surface area contributed by atoms with Crippen molar-refractivity contribution in [1.82, 2.24) is 4.89 Å². The van der Waals surface area contributed by atoms with Crippen LogP contribution in [0.15, 0.2) is 17.0 Å². The Balaban J connectivity index is 3.49. The molecular formula is C8H7Cl2NO5S. The fourth-order valence-electron chi connectivity index (χ4n) is 1.09. The summed E-state index contributed by atoms with van der Waals surface area (Å²) in [6, 6.07) is 2.21. The van der Waals surface area contributed by atoms with Gasteiger partial charge in [0.05, 0.1) is 22.7 Å². The molecule has 0 heterocycles. The number of carboxylic acids is 1. The van der Waals surface area contributed by atoms with Crippen LogP contribution in [0.1, 0.15) is 10.4 Å². The lowest BCUT2D eigenvalue weighted by Gasteiger charge is -2.09. The molecule has 0 aliphatic rings. The zero-order valence-corrected chi connectivity index (χ0v) is 10.7. The molecule has 0 saturated carbocycles. The van der Waals surface area contributed by atoms with Gasteiger partial charge in [-0.2, -0.15) is 0 Å². The molecule has 1 aromatic rings. The normalized spacial score (nSPS) is 11.5. The van der Waals surface area contributed by atoms with E-state index in [2.05, 4.69) is 4.84 Å². The summed E-state index contributed by atoms with van der Waals surface area (Å²) in [4.78, 5) is 16.4. The summed E-state index contributed by atoms with van der Waals surface area (Å²) < 4.78 is 23.2. The van der Waals surface area contributed by atoms with Crippen molar-refractivity contribution in [2.24, 2.45) is 0 Å². The van der Waals surface area contributed by atoms with Crippen molar-refractivity contribution < 1.29 is 23.2 Å². The van der Waals surface area contributed by atoms with Crippen molar-refractivity contribution >= 4 is 39.2 Å². The maximum atomic E-state index is 11.6. The van der Waals surface area contributed by atoms with E-state index in [4.69, 9.17) is 28.3 Å². The van der Waals surface area contributed by atoms with Crippen LogP contribution in [-0.2, 0) is 14.9 Å². The smallest absolute Gasteiger partial charge is 0.338 e. The Morgan fingerprint density at radius 1 is 1.41 bits per heavy atom. The van der Waals surface area contributed by atoms with Crippen molar-refractivity contribution in [3.05, 3.63) is 27.7 Å². The summed E-state index contributed by atoms with van der Waals surface area (Å²) in [5.74, 6) is -1.42. The maximum absolute atomic E-state index is 11.6. The van der Waals surface area contributed by atoms with Crippen molar-refractivity contribution in [2.45, 2.75) is 4.90 Å². The van der Waals surface area contributed by atoms with Gasteiger partial charge in [-0.1, -0.05) is 28.1 Å². The Hall–Kier alpha value is -0.860. The molecule has 2 N–H and O–H groups in total. The highest BCUT2D eigenvalue weighted by molar-refractivity contribution is 7.89. The summed E-state index contributed by atoms with van der Waals surface area (Å²) in [6.45, 7) is 0. The molecule has 0 amide bonds. The van der Waals surface area contributed by atoms with E-state index in [0.29, 0.717) is 0 Å². The molecule has 0 aliphatic heterocycles. The van der Waals surface area contributed by atoms with Gasteiger partial charge in [0.25, 0.3) is 10.0 Å². The standard InChI is InChI=1S/C8H7Cl2NO5S/c1-16-11-17(14,15)5-3-2-4(9)6(7(5)10)8(12)13/h2-3,11H,1H3,(H,12,13). The average molecular weight is 300 g/mol. The topological polar surface area (TPSA) is 92.7 Å². The van der Waals surface area contributed by atoms with Crippen LogP contribution < -0.4 is 4.89 Å². The van der Waals surface area contributed by atoms with E-state index in [0.717, 1.165) is 19.2 Å². The number of carboxylic acid groups (broad SMARTS) is 1. The molecular weight excluding hydrogens is 293 g/mol. The molecule has 0 bridgehead atoms. The van der Waals surface area contributed by atoms with Crippen molar-refractivity contribution in [3.63, 3.8) is 0 Å². The lowest BCUT2D eigenvalue weighted by atomic mass is 10.2. The number of hydrogen-bond acceptors (Lipinski definition) is 4. The van der Waals surface area contributed by atoms with E-state index < -0.39 is 31.5 Å². The minimum atomic E-state index is -4.04. The summed E-state index contributed by atoms with van der Waals surface area (Å²) >= 11 is 11.3. The Bertz CT molecular complexity index is 557. The third-order valence-corrected chi connectivity index (χ3v) is 3.88. The number of nitrogens with one attached hydrogen (secondary N) is 1. The van der Waals surface area contributed by atoms with E-state index in [-0.39, 0.29) is 5.02 Å². The third kappa shape index (κ3) is 2.88. The SMILES string of the molecule is CONS(=O)(=O)c1ccc(Cl)c(C(=O)O)c1Cl. The zero-order chi connectivity index (χ0) is 13.2. The fraction of sp³-hybridized carbons (Fsp3) is 0.125. The predicted molar refractivity (Wildman–Crippen MR) is 60.8 cm³/mol. The summed E-state index contributed by atoms with van der Waals surface area (Å²) in [6.07, 6.45) is 0. The highest BCUT2D eigenvalue weighted by atomic mass is 35.5. The van der Waals surface area contributed by atoms with Gasteiger partial charge in [0, 0.05) is 0 Å². The number of benzene rings is 1. The molecule has 0 saturated heterocycles. The summed E-state index contributed by atoms with van der Waals surface area (Å²) in [5, 5.41) is 8.22. The second-order valence-electron chi connectivity index (χ2n) is 2.83. The van der Waals surface area contributed by atoms with Crippen molar-refractivity contribution in [3.8, 4) is 0 Å². The number of rotatable bonds is 4. The van der Waals surface area contributed by atoms with E-state index in [1.165, 1.54) is 0 Å². The maximum Gasteiger partial charge on any atom is 0.338 e. The van der Waals surface area contributed by atoms with Gasteiger partial charge in [-0.05, 0) is 12.1 Å². The third-order valence-electron chi connectivity index (χ3n) is 1.75. The minimum Gasteiger partial charge on any atom is -0.478 e. The molecule has 0 fully saturated rings. The highest BCUT2D eigenvalue weighted by Crippen LogP contribution is 2.30. The van der Waals surface area contributed by atoms with E-state index >= 15 is 0 Å². The molecule has 6 nitrogen and oxygen atoms in total. The fourth-order valence-corrected chi connectivity index (χ4v) is 2.82. The van der Waals surface area contributed by atoms with Gasteiger partial charge in [-0.3, -0.25) is 4.84 Å². The quantitative estimate of drug-likeness (QED) is 0.823. The highest BCUT2D eigenvalue weighted by Gasteiger charge is 2.24. The molecule has 0 atom stereocenters. The number of sulfonamides is 1. The minimum absolute atomic E-state index is 0.154. The Morgan fingerprint density at radius 3 is 2.47 bits per heavy atom. The molecule has 1 rings (SSSR count). The Kier molecular flexibility index (Phi) is 4.34. The van der Waals surface area contributed by atoms with Crippen LogP contribution in [0.2, 0.25) is 10.0 Å². The van der Waals surface area contributed by atoms with Crippen LogP contribution in [0.4, 0.5) is 0 Å². The van der Waals surface area contributed by atoms with Gasteiger partial charge in [-0.25, -0.2) is 13.2 Å². The van der Waals surface area contributed by atoms with E-state index in [9.17, 15) is 13.2 Å². The average Bonchev–Trinajstić information content (AvgIpc) is 2.15. The van der Waals surface area contributed by atoms with Crippen molar-refractivity contribution in [1.29, 1.82) is 0 Å². The predicted octanol–water partition coefficient (Wildman–Crippen LogP) is 1.53. The molecule has 17 heavy (non-hydrogen) atoms. The van der Waals surface area contributed by atoms with Gasteiger partial charge in [0.2, 0.25) is 0 Å². The van der Waals surface area contributed by atoms with Crippen LogP contribution in [0.25, 0.3) is 0 Å². The lowest BCUT2D eigenvalue weighted by molar-refractivity contribution is 0.0697. The first-order chi connectivity index (χ1) is 7.81. The van der Waals surface area contributed by atoms with Gasteiger partial charge < -0.3 is 5.11 Å². The molecule has 0 radical (unpaired) electrons. The first-order valence-electron chi connectivity index (χ1n) is 4.07. The monoisotopic (exact) mass is 299 g/mol. The summed E-state index contributed by atoms with van der Waals surface area (Å²) in [5.41, 5.74) is -0.479. The molecule has 9 heteroatoms. The lowest BCUT2D eigenvalue weighted by Crippen LogP contribution is -2.23. The summed E-state index contributed by atoms with van der Waals surface area (Å²) in [7, 11) is -2.94. The van der Waals surface area contributed by atoms with Crippen LogP contribution >= 0.6 is 23.2 Å². The van der Waals surface area contributed by atoms with Crippen LogP contribution in [0.5, 0.6) is 0 Å². The largest absolute Gasteiger partial charge is 0.478 e. The second-order valence-corrected chi connectivity index (χ2v) is 5.23. The van der Waals surface area contributed by atoms with E-state index in [1.54, 1.807) is 4.89 Å². The van der Waals surface area contributed by atoms with Crippen LogP contribution in [0.3, 0.4) is 0 Å².